The third kappa shape index (κ3) is 14.9. The number of methoxy groups -OCH3 is 1. The van der Waals surface area contributed by atoms with Crippen LogP contribution >= 0.6 is 61.3 Å². The molecule has 0 unspecified atom stereocenters. The van der Waals surface area contributed by atoms with Crippen molar-refractivity contribution in [3.63, 3.8) is 0 Å². The molecule has 0 fully saturated rings. The van der Waals surface area contributed by atoms with Crippen LogP contribution in [-0.4, -0.2) is 102 Å². The second-order valence-corrected chi connectivity index (χ2v) is 16.7. The Bertz CT molecular complexity index is 3050. The Balaban J connectivity index is 0.000000188. The quantitative estimate of drug-likeness (QED) is 0.0844. The van der Waals surface area contributed by atoms with E-state index in [4.69, 9.17) is 40.9 Å². The van der Waals surface area contributed by atoms with Gasteiger partial charge in [0.05, 0.1) is 25.6 Å². The minimum Gasteiger partial charge on any atom is -0.481 e. The molecule has 0 amide bonds. The summed E-state index contributed by atoms with van der Waals surface area (Å²) in [4.78, 5) is 46.6. The maximum absolute atomic E-state index is 12.1. The van der Waals surface area contributed by atoms with Crippen molar-refractivity contribution in [2.24, 2.45) is 0 Å². The predicted octanol–water partition coefficient (Wildman–Crippen LogP) is 9.01. The Hall–Kier alpha value is -6.19. The number of thiazole rings is 4. The minimum absolute atomic E-state index is 0. The summed E-state index contributed by atoms with van der Waals surface area (Å²) in [6, 6.07) is 17.4. The van der Waals surface area contributed by atoms with Crippen molar-refractivity contribution in [3.05, 3.63) is 83.5 Å². The zero-order valence-corrected chi connectivity index (χ0v) is 39.2. The number of aromatic nitrogens is 9. The molecule has 0 spiro atoms. The van der Waals surface area contributed by atoms with Gasteiger partial charge < -0.3 is 45.9 Å². The number of anilines is 3. The molecule has 66 heavy (non-hydrogen) atoms. The first-order valence-electron chi connectivity index (χ1n) is 18.8. The summed E-state index contributed by atoms with van der Waals surface area (Å²) in [7, 11) is 1.58. The Morgan fingerprint density at radius 1 is 0.727 bits per heavy atom. The Morgan fingerprint density at radius 2 is 1.26 bits per heavy atom. The molecule has 10 aromatic heterocycles. The number of nitrogen functional groups attached to an aromatic ring is 3. The van der Waals surface area contributed by atoms with Crippen LogP contribution in [0.5, 0.6) is 17.6 Å². The molecule has 10 aromatic rings. The van der Waals surface area contributed by atoms with Crippen molar-refractivity contribution in [2.45, 2.75) is 14.4 Å². The number of nitrogens with zero attached hydrogens (tertiary/aromatic N) is 8. The summed E-state index contributed by atoms with van der Waals surface area (Å²) >= 11 is 8.24. The number of rotatable bonds is 9. The van der Waals surface area contributed by atoms with Crippen molar-refractivity contribution < 1.29 is 36.9 Å². The zero-order chi connectivity index (χ0) is 46.7. The maximum Gasteiger partial charge on any atom is 0.249 e. The molecule has 0 atom stereocenters. The minimum atomic E-state index is -0.528. The van der Waals surface area contributed by atoms with Gasteiger partial charge in [0.2, 0.25) is 23.2 Å². The Morgan fingerprint density at radius 3 is 1.82 bits per heavy atom. The van der Waals surface area contributed by atoms with Crippen LogP contribution in [0.1, 0.15) is 14.4 Å². The fourth-order valence-electron chi connectivity index (χ4n) is 4.97. The first-order valence-corrected chi connectivity index (χ1v) is 23.2. The van der Waals surface area contributed by atoms with Crippen LogP contribution in [-0.2, 0) is 0 Å². The normalized spacial score (nSPS) is 10.3. The van der Waals surface area contributed by atoms with Crippen LogP contribution in [0.2, 0.25) is 0 Å². The number of halogens is 4. The summed E-state index contributed by atoms with van der Waals surface area (Å²) in [5, 5.41) is 9.51. The van der Waals surface area contributed by atoms with Crippen molar-refractivity contribution in [1.82, 2.24) is 44.3 Å². The number of hydrogen-bond acceptors (Lipinski definition) is 20. The summed E-state index contributed by atoms with van der Waals surface area (Å²) in [6.07, 6.45) is 3.54. The molecule has 352 valence electrons. The average molecular weight is 1050 g/mol. The Kier molecular flexibility index (Phi) is 21.2. The molecule has 0 bridgehead atoms. The fraction of sp³-hybridized carbons (Fsp3) is 0.250. The van der Waals surface area contributed by atoms with Gasteiger partial charge in [-0.25, -0.2) is 43.7 Å². The van der Waals surface area contributed by atoms with Gasteiger partial charge in [0.25, 0.3) is 0 Å². The molecule has 0 aromatic carbocycles. The molecular formula is C40H44BrF3N12O6S4. The van der Waals surface area contributed by atoms with E-state index in [0.717, 1.165) is 53.0 Å². The van der Waals surface area contributed by atoms with Crippen LogP contribution in [0.3, 0.4) is 0 Å². The standard InChI is InChI=1S/C14H10FN3O2S.C8H8FN3OS.C7H7N3OS.C6H5N3OS.C2H4BrF.C2H6O.CH4/c15-5-7-20-12-4-3-10-13(17-12)21-14-16-9(8-18(10)14)11-2-1-6-19-11;9-3-4-13-6-2-1-5-7(12-6)14-8(10)11-5;1-11-5-3-2-4-6(10-5)12-7(8)9-4;7-6-8-3-1-2-4(10)9-5(3)11-6;3-1-2-4;1-2-3;/h1-4,6,8H,5,7H2;1-2H,3-4H2,(H2,10,11);2-3H,1H3,(H2,8,9);1-2H,(H2,7,8)(H,9,10);1-2H2;3H,2H2,1H3;1H4. The SMILES string of the molecule is C.CCO.COc1ccc2nc(N)sc2n1.FCCBr.FCCOc1ccc2c(n1)sc1nc(-c3ccco3)cn12.Nc1nc2ccc(=O)[nH]c2s1.Nc1nc2ccc(OCCF)nc2s1. The number of aliphatic hydroxyl groups excluding tert-OH is 1. The van der Waals surface area contributed by atoms with E-state index in [1.807, 2.05) is 34.9 Å². The van der Waals surface area contributed by atoms with Crippen LogP contribution in [0.15, 0.2) is 82.3 Å². The van der Waals surface area contributed by atoms with Gasteiger partial charge in [0, 0.05) is 42.4 Å². The highest BCUT2D eigenvalue weighted by Crippen LogP contribution is 2.30. The van der Waals surface area contributed by atoms with Gasteiger partial charge in [-0.2, -0.15) is 0 Å². The molecule has 8 N–H and O–H groups in total. The van der Waals surface area contributed by atoms with Gasteiger partial charge in [-0.15, -0.1) is 0 Å². The van der Waals surface area contributed by atoms with E-state index >= 15 is 0 Å². The van der Waals surface area contributed by atoms with Crippen LogP contribution in [0, 0.1) is 0 Å². The number of nitrogens with two attached hydrogens (primary N) is 3. The number of nitrogens with one attached hydrogen (secondary N) is 1. The number of imidazole rings is 1. The molecule has 26 heteroatoms. The number of aliphatic hydroxyl groups is 1. The second-order valence-electron chi connectivity index (χ2n) is 11.9. The topological polar surface area (TPSA) is 267 Å². The summed E-state index contributed by atoms with van der Waals surface area (Å²) in [6.45, 7) is 0.654. The predicted molar refractivity (Wildman–Crippen MR) is 263 cm³/mol. The molecule has 0 radical (unpaired) electrons. The Labute approximate surface area is 398 Å². The first-order chi connectivity index (χ1) is 31.5. The second kappa shape index (κ2) is 26.7. The van der Waals surface area contributed by atoms with Crippen LogP contribution in [0.25, 0.3) is 57.8 Å². The third-order valence-corrected chi connectivity index (χ3v) is 11.1. The number of furan rings is 1. The number of H-pyrrole nitrogens is 1. The molecule has 0 aliphatic heterocycles. The number of aromatic amines is 1. The van der Waals surface area contributed by atoms with E-state index < -0.39 is 13.3 Å². The molecule has 0 aliphatic rings. The lowest BCUT2D eigenvalue weighted by Gasteiger charge is -2.01. The monoisotopic (exact) mass is 1050 g/mol. The van der Waals surface area contributed by atoms with Gasteiger partial charge in [-0.3, -0.25) is 13.6 Å². The van der Waals surface area contributed by atoms with Crippen LogP contribution < -0.4 is 37.0 Å². The molecule has 0 saturated heterocycles. The first kappa shape index (κ1) is 52.4. The lowest BCUT2D eigenvalue weighted by molar-refractivity contribution is 0.265. The van der Waals surface area contributed by atoms with Gasteiger partial charge in [0.15, 0.2) is 26.1 Å². The molecule has 18 nitrogen and oxygen atoms in total. The van der Waals surface area contributed by atoms with E-state index in [1.54, 1.807) is 50.6 Å². The van der Waals surface area contributed by atoms with Crippen molar-refractivity contribution in [3.8, 4) is 29.1 Å². The van der Waals surface area contributed by atoms with E-state index in [-0.39, 0.29) is 39.5 Å². The van der Waals surface area contributed by atoms with Gasteiger partial charge >= 0.3 is 0 Å². The molecule has 0 saturated carbocycles. The largest absolute Gasteiger partial charge is 0.481 e. The van der Waals surface area contributed by atoms with Gasteiger partial charge in [-0.05, 0) is 43.3 Å². The van der Waals surface area contributed by atoms with Crippen molar-refractivity contribution in [2.75, 3.05) is 69.5 Å². The van der Waals surface area contributed by atoms with E-state index in [1.165, 1.54) is 51.4 Å². The highest BCUT2D eigenvalue weighted by atomic mass is 79.9. The zero-order valence-electron chi connectivity index (χ0n) is 34.3. The number of hydrogen-bond donors (Lipinski definition) is 5. The average Bonchev–Trinajstić information content (AvgIpc) is 4.17. The number of fused-ring (bicyclic) bond motifs is 6. The van der Waals surface area contributed by atoms with Gasteiger partial charge in [-0.1, -0.05) is 68.7 Å². The highest BCUT2D eigenvalue weighted by molar-refractivity contribution is 9.09. The van der Waals surface area contributed by atoms with E-state index in [9.17, 15) is 18.0 Å². The van der Waals surface area contributed by atoms with E-state index in [0.29, 0.717) is 43.2 Å². The summed E-state index contributed by atoms with van der Waals surface area (Å²) in [5.74, 6) is 2.15. The third-order valence-electron chi connectivity index (χ3n) is 7.44. The molecule has 10 heterocycles. The number of pyridine rings is 4. The van der Waals surface area contributed by atoms with Crippen LogP contribution in [0.4, 0.5) is 28.6 Å². The number of alkyl halides is 4. The summed E-state index contributed by atoms with van der Waals surface area (Å²) < 4.78 is 57.1. The number of ether oxygens (including phenoxy) is 3. The molecule has 10 rings (SSSR count). The van der Waals surface area contributed by atoms with Crippen molar-refractivity contribution >= 4 is 123 Å². The molecular weight excluding hydrogens is 1010 g/mol. The lowest BCUT2D eigenvalue weighted by Crippen LogP contribution is -2.00. The summed E-state index contributed by atoms with van der Waals surface area (Å²) in [5.41, 5.74) is 20.3. The molecule has 0 aliphatic carbocycles. The highest BCUT2D eigenvalue weighted by Gasteiger charge is 2.13. The van der Waals surface area contributed by atoms with E-state index in [2.05, 4.69) is 55.8 Å². The van der Waals surface area contributed by atoms with Crippen molar-refractivity contribution in [1.29, 1.82) is 0 Å². The maximum atomic E-state index is 12.1. The fourth-order valence-corrected chi connectivity index (χ4v) is 8.05. The lowest BCUT2D eigenvalue weighted by atomic mass is 10.3. The smallest absolute Gasteiger partial charge is 0.249 e. The van der Waals surface area contributed by atoms with Gasteiger partial charge in [0.1, 0.15) is 68.1 Å².